The zero-order valence-corrected chi connectivity index (χ0v) is 37.8. The molecule has 0 saturated carbocycles. The third-order valence-corrected chi connectivity index (χ3v) is 14.1. The van der Waals surface area contributed by atoms with Gasteiger partial charge in [-0.05, 0) is 100 Å². The molecule has 0 saturated heterocycles. The molecule has 0 spiro atoms. The molecule has 3 atom stereocenters. The molecule has 3 aliphatic heterocycles. The Labute approximate surface area is 396 Å². The van der Waals surface area contributed by atoms with Gasteiger partial charge in [0.2, 0.25) is 0 Å². The van der Waals surface area contributed by atoms with E-state index >= 15 is 0 Å². The van der Waals surface area contributed by atoms with Crippen LogP contribution < -0.4 is 25.6 Å². The number of nitrogens with one attached hydrogen (secondary N) is 3. The molecule has 1 aromatic heterocycles. The molecule has 7 heteroatoms. The van der Waals surface area contributed by atoms with Gasteiger partial charge in [0, 0.05) is 38.7 Å². The van der Waals surface area contributed by atoms with E-state index in [9.17, 15) is 0 Å². The first kappa shape index (κ1) is 39.9. The monoisotopic (exact) mass is 880 g/mol. The summed E-state index contributed by atoms with van der Waals surface area (Å²) in [5.74, 6) is 1.71. The van der Waals surface area contributed by atoms with Gasteiger partial charge in [0.15, 0.2) is 6.23 Å². The summed E-state index contributed by atoms with van der Waals surface area (Å²) in [6, 6.07) is 78.1. The van der Waals surface area contributed by atoms with Crippen LogP contribution in [-0.4, -0.2) is 10.4 Å². The largest absolute Gasteiger partial charge is 0.464 e. The number of aromatic nitrogens is 1. The van der Waals surface area contributed by atoms with E-state index in [-0.39, 0.29) is 24.0 Å². The van der Waals surface area contributed by atoms with Crippen molar-refractivity contribution in [2.75, 3.05) is 10.2 Å². The summed E-state index contributed by atoms with van der Waals surface area (Å²) in [6.07, 6.45) is -0.650. The van der Waals surface area contributed by atoms with E-state index in [4.69, 9.17) is 9.73 Å². The predicted molar refractivity (Wildman–Crippen MR) is 278 cm³/mol. The zero-order chi connectivity index (χ0) is 45.3. The molecule has 13 rings (SSSR count). The molecule has 4 heterocycles. The number of benzene rings is 9. The number of amidine groups is 1. The SMILES string of the molecule is CC1(C)c2ccccc2N(c2ccccc2)c2ccc(-c3ccc4c(c3)c3cc5c(cc3n4-c3ccc(C4N=C(c6ccccc6)NC(c6ccccc6)N4)cc3)NC(c3ccccc3)O5)cc21. The molecular weight excluding hydrogens is 833 g/mol. The van der Waals surface area contributed by atoms with Crippen LogP contribution in [0.4, 0.5) is 22.7 Å². The minimum absolute atomic E-state index is 0.114. The summed E-state index contributed by atoms with van der Waals surface area (Å²) in [6.45, 7) is 4.71. The van der Waals surface area contributed by atoms with E-state index < -0.39 is 0 Å². The summed E-state index contributed by atoms with van der Waals surface area (Å²) >= 11 is 0. The Bertz CT molecular complexity index is 3550. The number of hydrogen-bond acceptors (Lipinski definition) is 6. The predicted octanol–water partition coefficient (Wildman–Crippen LogP) is 14.4. The van der Waals surface area contributed by atoms with Crippen LogP contribution in [-0.2, 0) is 5.41 Å². The highest BCUT2D eigenvalue weighted by Gasteiger charge is 2.37. The second-order valence-corrected chi connectivity index (χ2v) is 18.5. The Kier molecular flexibility index (Phi) is 9.34. The van der Waals surface area contributed by atoms with Crippen molar-refractivity contribution in [1.29, 1.82) is 0 Å². The summed E-state index contributed by atoms with van der Waals surface area (Å²) in [5, 5.41) is 13.4. The van der Waals surface area contributed by atoms with Crippen LogP contribution in [0.2, 0.25) is 0 Å². The van der Waals surface area contributed by atoms with Crippen LogP contribution >= 0.6 is 0 Å². The van der Waals surface area contributed by atoms with Crippen molar-refractivity contribution in [3.8, 4) is 22.6 Å². The molecule has 0 fully saturated rings. The van der Waals surface area contributed by atoms with Crippen LogP contribution in [0.1, 0.15) is 65.8 Å². The number of anilines is 4. The average molecular weight is 881 g/mol. The van der Waals surface area contributed by atoms with Crippen LogP contribution in [0.15, 0.2) is 223 Å². The van der Waals surface area contributed by atoms with Gasteiger partial charge in [0.1, 0.15) is 23.9 Å². The molecule has 0 radical (unpaired) electrons. The number of aliphatic imine (C=N–C) groups is 1. The Balaban J connectivity index is 0.926. The van der Waals surface area contributed by atoms with Crippen molar-refractivity contribution in [2.24, 2.45) is 4.99 Å². The molecule has 3 unspecified atom stereocenters. The van der Waals surface area contributed by atoms with Crippen LogP contribution in [0.5, 0.6) is 5.75 Å². The fraction of sp³-hybridized carbons (Fsp3) is 0.0984. The summed E-state index contributed by atoms with van der Waals surface area (Å²) in [5.41, 5.74) is 16.9. The second kappa shape index (κ2) is 15.9. The molecule has 0 amide bonds. The van der Waals surface area contributed by atoms with Crippen LogP contribution in [0.3, 0.4) is 0 Å². The van der Waals surface area contributed by atoms with Gasteiger partial charge in [0.25, 0.3) is 0 Å². The highest BCUT2D eigenvalue weighted by atomic mass is 16.5. The molecule has 9 aromatic carbocycles. The molecule has 68 heavy (non-hydrogen) atoms. The van der Waals surface area contributed by atoms with Gasteiger partial charge in [-0.1, -0.05) is 166 Å². The van der Waals surface area contributed by atoms with E-state index in [1.165, 1.54) is 28.1 Å². The lowest BCUT2D eigenvalue weighted by atomic mass is 9.73. The fourth-order valence-corrected chi connectivity index (χ4v) is 10.6. The number of fused-ring (bicyclic) bond motifs is 6. The lowest BCUT2D eigenvalue weighted by Crippen LogP contribution is -2.44. The fourth-order valence-electron chi connectivity index (χ4n) is 10.6. The van der Waals surface area contributed by atoms with Gasteiger partial charge >= 0.3 is 0 Å². The Morgan fingerprint density at radius 2 is 1.12 bits per heavy atom. The first-order valence-electron chi connectivity index (χ1n) is 23.5. The van der Waals surface area contributed by atoms with Crippen molar-refractivity contribution in [3.05, 3.63) is 252 Å². The quantitative estimate of drug-likeness (QED) is 0.149. The normalized spacial score (nSPS) is 17.9. The number of hydrogen-bond donors (Lipinski definition) is 3. The molecular formula is C61H48N6O. The highest BCUT2D eigenvalue weighted by Crippen LogP contribution is 2.53. The van der Waals surface area contributed by atoms with Crippen LogP contribution in [0.25, 0.3) is 38.6 Å². The summed E-state index contributed by atoms with van der Waals surface area (Å²) in [7, 11) is 0. The molecule has 7 nitrogen and oxygen atoms in total. The standard InChI is InChI=1S/C61H48N6O/c1-61(2)49-25-15-16-26-53(49)67(45-23-13-6-14-24-45)54-34-30-44(36-50(54)61)43-29-33-52-47(35-43)48-37-56-51(62-60(68-56)42-21-11-5-12-22-42)38-55(48)66(52)46-31-27-41(28-32-46)59-64-57(39-17-7-3-8-18-39)63-58(65-59)40-19-9-4-10-20-40/h3-38,57,59-60,62,64H,1-2H3,(H,63,65). The van der Waals surface area contributed by atoms with E-state index in [0.717, 1.165) is 78.3 Å². The third-order valence-electron chi connectivity index (χ3n) is 14.1. The Morgan fingerprint density at radius 1 is 0.485 bits per heavy atom. The Hall–Kier alpha value is -8.39. The van der Waals surface area contributed by atoms with Crippen molar-refractivity contribution >= 4 is 50.4 Å². The minimum atomic E-state index is -0.273. The molecule has 0 bridgehead atoms. The van der Waals surface area contributed by atoms with Gasteiger partial charge in [-0.25, -0.2) is 4.99 Å². The van der Waals surface area contributed by atoms with Gasteiger partial charge in [0.05, 0.1) is 28.1 Å². The van der Waals surface area contributed by atoms with E-state index in [1.807, 2.05) is 12.1 Å². The lowest BCUT2D eigenvalue weighted by molar-refractivity contribution is 0.260. The van der Waals surface area contributed by atoms with Crippen molar-refractivity contribution in [2.45, 2.75) is 37.8 Å². The van der Waals surface area contributed by atoms with Crippen molar-refractivity contribution < 1.29 is 4.74 Å². The highest BCUT2D eigenvalue weighted by molar-refractivity contribution is 6.12. The van der Waals surface area contributed by atoms with Gasteiger partial charge in [-0.15, -0.1) is 0 Å². The maximum absolute atomic E-state index is 6.65. The van der Waals surface area contributed by atoms with Gasteiger partial charge in [-0.3, -0.25) is 5.32 Å². The topological polar surface area (TPSA) is 65.9 Å². The molecule has 3 N–H and O–H groups in total. The Morgan fingerprint density at radius 3 is 1.88 bits per heavy atom. The van der Waals surface area contributed by atoms with Crippen molar-refractivity contribution in [3.63, 3.8) is 0 Å². The molecule has 328 valence electrons. The lowest BCUT2D eigenvalue weighted by Gasteiger charge is -2.42. The minimum Gasteiger partial charge on any atom is -0.464 e. The van der Waals surface area contributed by atoms with Gasteiger partial charge in [-0.2, -0.15) is 0 Å². The van der Waals surface area contributed by atoms with Crippen LogP contribution in [0, 0.1) is 0 Å². The zero-order valence-electron chi connectivity index (χ0n) is 37.8. The molecule has 10 aromatic rings. The summed E-state index contributed by atoms with van der Waals surface area (Å²) < 4.78 is 9.05. The first-order chi connectivity index (χ1) is 33.4. The average Bonchev–Trinajstić information content (AvgIpc) is 3.97. The van der Waals surface area contributed by atoms with E-state index in [0.29, 0.717) is 0 Å². The second-order valence-electron chi connectivity index (χ2n) is 18.5. The maximum Gasteiger partial charge on any atom is 0.196 e. The molecule has 3 aliphatic rings. The number of ether oxygens (including phenoxy) is 1. The number of rotatable bonds is 7. The van der Waals surface area contributed by atoms with E-state index in [2.05, 4.69) is 246 Å². The summed E-state index contributed by atoms with van der Waals surface area (Å²) in [4.78, 5) is 7.64. The smallest absolute Gasteiger partial charge is 0.196 e. The number of para-hydroxylation sites is 2. The van der Waals surface area contributed by atoms with Gasteiger partial charge < -0.3 is 24.8 Å². The van der Waals surface area contributed by atoms with E-state index in [1.54, 1.807) is 0 Å². The van der Waals surface area contributed by atoms with Crippen molar-refractivity contribution in [1.82, 2.24) is 15.2 Å². The first-order valence-corrected chi connectivity index (χ1v) is 23.5. The third kappa shape index (κ3) is 6.65. The maximum atomic E-state index is 6.65. The number of nitrogens with zero attached hydrogens (tertiary/aromatic N) is 3. The molecule has 0 aliphatic carbocycles.